The van der Waals surface area contributed by atoms with E-state index in [2.05, 4.69) is 0 Å². The van der Waals surface area contributed by atoms with Gasteiger partial charge < -0.3 is 14.2 Å². The van der Waals surface area contributed by atoms with Crippen LogP contribution in [0.5, 0.6) is 5.75 Å². The van der Waals surface area contributed by atoms with E-state index in [-0.39, 0.29) is 23.5 Å². The van der Waals surface area contributed by atoms with Crippen molar-refractivity contribution in [1.29, 1.82) is 0 Å². The van der Waals surface area contributed by atoms with Gasteiger partial charge in [-0.2, -0.15) is 0 Å². The average molecular weight is 290 g/mol. The first-order valence-electron chi connectivity index (χ1n) is 7.25. The lowest BCUT2D eigenvalue weighted by Gasteiger charge is -2.19. The Morgan fingerprint density at radius 2 is 2.00 bits per heavy atom. The standard InChI is InChI=1S/C16H18O5/c1-10(17)20-13-5-3-2-4-12(13)16(18)21-14-7-6-11-8-9-19-15(11)14/h2-5,11,14-15H,6-9H2,1H3/t11-,14?,15+/m1/s1. The van der Waals surface area contributed by atoms with E-state index in [0.29, 0.717) is 5.92 Å². The Morgan fingerprint density at radius 1 is 1.19 bits per heavy atom. The summed E-state index contributed by atoms with van der Waals surface area (Å²) in [5.74, 6) is -0.188. The van der Waals surface area contributed by atoms with Gasteiger partial charge in [-0.25, -0.2) is 4.79 Å². The summed E-state index contributed by atoms with van der Waals surface area (Å²) in [6.07, 6.45) is 2.73. The average Bonchev–Trinajstić information content (AvgIpc) is 3.03. The molecule has 0 radical (unpaired) electrons. The van der Waals surface area contributed by atoms with Crippen molar-refractivity contribution in [3.8, 4) is 5.75 Å². The second-order valence-electron chi connectivity index (χ2n) is 5.50. The minimum absolute atomic E-state index is 0.0230. The predicted molar refractivity (Wildman–Crippen MR) is 74.0 cm³/mol. The maximum absolute atomic E-state index is 12.3. The van der Waals surface area contributed by atoms with Crippen LogP contribution in [-0.2, 0) is 14.3 Å². The van der Waals surface area contributed by atoms with Gasteiger partial charge in [-0.1, -0.05) is 12.1 Å². The zero-order valence-corrected chi connectivity index (χ0v) is 11.9. The maximum atomic E-state index is 12.3. The molecule has 0 bridgehead atoms. The number of para-hydroxylation sites is 1. The number of rotatable bonds is 3. The topological polar surface area (TPSA) is 61.8 Å². The fourth-order valence-corrected chi connectivity index (χ4v) is 3.12. The SMILES string of the molecule is CC(=O)Oc1ccccc1C(=O)OC1CC[C@@H]2CCO[C@H]12. The van der Waals surface area contributed by atoms with Gasteiger partial charge in [0.2, 0.25) is 0 Å². The summed E-state index contributed by atoms with van der Waals surface area (Å²) < 4.78 is 16.3. The normalized spacial score (nSPS) is 27.2. The molecule has 1 saturated carbocycles. The molecule has 1 heterocycles. The van der Waals surface area contributed by atoms with Gasteiger partial charge in [-0.3, -0.25) is 4.79 Å². The van der Waals surface area contributed by atoms with E-state index in [1.165, 1.54) is 6.92 Å². The van der Waals surface area contributed by atoms with Gasteiger partial charge in [0.1, 0.15) is 17.4 Å². The first kappa shape index (κ1) is 14.1. The van der Waals surface area contributed by atoms with Crippen LogP contribution in [0.3, 0.4) is 0 Å². The van der Waals surface area contributed by atoms with Crippen molar-refractivity contribution in [2.75, 3.05) is 6.61 Å². The van der Waals surface area contributed by atoms with Gasteiger partial charge in [0, 0.05) is 13.5 Å². The molecule has 1 unspecified atom stereocenters. The van der Waals surface area contributed by atoms with Crippen LogP contribution in [0.2, 0.25) is 0 Å². The lowest BCUT2D eigenvalue weighted by atomic mass is 10.1. The molecule has 0 N–H and O–H groups in total. The van der Waals surface area contributed by atoms with Gasteiger partial charge in [-0.15, -0.1) is 0 Å². The molecule has 21 heavy (non-hydrogen) atoms. The summed E-state index contributed by atoms with van der Waals surface area (Å²) in [4.78, 5) is 23.4. The van der Waals surface area contributed by atoms with E-state index in [4.69, 9.17) is 14.2 Å². The zero-order chi connectivity index (χ0) is 14.8. The van der Waals surface area contributed by atoms with Crippen molar-refractivity contribution in [2.24, 2.45) is 5.92 Å². The molecular weight excluding hydrogens is 272 g/mol. The van der Waals surface area contributed by atoms with Crippen molar-refractivity contribution in [3.63, 3.8) is 0 Å². The summed E-state index contributed by atoms with van der Waals surface area (Å²) in [6.45, 7) is 2.05. The zero-order valence-electron chi connectivity index (χ0n) is 11.9. The highest BCUT2D eigenvalue weighted by atomic mass is 16.6. The Labute approximate surface area is 123 Å². The minimum Gasteiger partial charge on any atom is -0.456 e. The molecule has 5 nitrogen and oxygen atoms in total. The van der Waals surface area contributed by atoms with E-state index < -0.39 is 11.9 Å². The monoisotopic (exact) mass is 290 g/mol. The van der Waals surface area contributed by atoms with Crippen LogP contribution in [0, 0.1) is 5.92 Å². The number of carbonyl (C=O) groups is 2. The van der Waals surface area contributed by atoms with Crippen molar-refractivity contribution in [1.82, 2.24) is 0 Å². The van der Waals surface area contributed by atoms with Crippen LogP contribution in [0.15, 0.2) is 24.3 Å². The number of hydrogen-bond acceptors (Lipinski definition) is 5. The summed E-state index contributed by atoms with van der Waals surface area (Å²) in [7, 11) is 0. The Bertz CT molecular complexity index is 553. The first-order chi connectivity index (χ1) is 10.1. The Kier molecular flexibility index (Phi) is 3.92. The Balaban J connectivity index is 1.72. The number of ether oxygens (including phenoxy) is 3. The van der Waals surface area contributed by atoms with Gasteiger partial charge in [0.15, 0.2) is 0 Å². The summed E-state index contributed by atoms with van der Waals surface area (Å²) >= 11 is 0. The summed E-state index contributed by atoms with van der Waals surface area (Å²) in [5.41, 5.74) is 0.272. The highest BCUT2D eigenvalue weighted by Crippen LogP contribution is 2.38. The van der Waals surface area contributed by atoms with Crippen molar-refractivity contribution in [2.45, 2.75) is 38.4 Å². The van der Waals surface area contributed by atoms with E-state index in [0.717, 1.165) is 25.9 Å². The molecule has 3 rings (SSSR count). The summed E-state index contributed by atoms with van der Waals surface area (Å²) in [5, 5.41) is 0. The number of hydrogen-bond donors (Lipinski definition) is 0. The molecule has 5 heteroatoms. The quantitative estimate of drug-likeness (QED) is 0.631. The molecule has 112 valence electrons. The number of esters is 2. The van der Waals surface area contributed by atoms with E-state index in [9.17, 15) is 9.59 Å². The van der Waals surface area contributed by atoms with E-state index in [1.54, 1.807) is 24.3 Å². The van der Waals surface area contributed by atoms with Crippen molar-refractivity contribution in [3.05, 3.63) is 29.8 Å². The third-order valence-electron chi connectivity index (χ3n) is 4.07. The smallest absolute Gasteiger partial charge is 0.342 e. The van der Waals surface area contributed by atoms with Gasteiger partial charge >= 0.3 is 11.9 Å². The molecule has 1 aliphatic heterocycles. The fraction of sp³-hybridized carbons (Fsp3) is 0.500. The molecule has 3 atom stereocenters. The van der Waals surface area contributed by atoms with E-state index in [1.807, 2.05) is 0 Å². The van der Waals surface area contributed by atoms with Crippen molar-refractivity contribution < 1.29 is 23.8 Å². The molecule has 0 aromatic heterocycles. The third-order valence-corrected chi connectivity index (χ3v) is 4.07. The number of fused-ring (bicyclic) bond motifs is 1. The van der Waals surface area contributed by atoms with Crippen LogP contribution in [0.1, 0.15) is 36.5 Å². The second-order valence-corrected chi connectivity index (χ2v) is 5.50. The molecule has 2 fully saturated rings. The van der Waals surface area contributed by atoms with Gasteiger partial charge in [0.05, 0.1) is 6.10 Å². The Morgan fingerprint density at radius 3 is 2.81 bits per heavy atom. The highest BCUT2D eigenvalue weighted by Gasteiger charge is 2.42. The van der Waals surface area contributed by atoms with Crippen LogP contribution in [-0.4, -0.2) is 30.8 Å². The lowest BCUT2D eigenvalue weighted by molar-refractivity contribution is -0.131. The molecule has 0 spiro atoms. The highest BCUT2D eigenvalue weighted by molar-refractivity contribution is 5.93. The Hall–Kier alpha value is -1.88. The first-order valence-corrected chi connectivity index (χ1v) is 7.25. The van der Waals surface area contributed by atoms with Gasteiger partial charge in [-0.05, 0) is 37.3 Å². The van der Waals surface area contributed by atoms with Crippen LogP contribution < -0.4 is 4.74 Å². The van der Waals surface area contributed by atoms with Crippen molar-refractivity contribution >= 4 is 11.9 Å². The minimum atomic E-state index is -0.465. The number of benzene rings is 1. The van der Waals surface area contributed by atoms with E-state index >= 15 is 0 Å². The fourth-order valence-electron chi connectivity index (χ4n) is 3.12. The molecule has 2 aliphatic rings. The molecule has 1 aromatic carbocycles. The second kappa shape index (κ2) is 5.85. The maximum Gasteiger partial charge on any atom is 0.342 e. The largest absolute Gasteiger partial charge is 0.456 e. The molecule has 0 amide bonds. The molecular formula is C16H18O5. The molecule has 1 aromatic rings. The number of carbonyl (C=O) groups excluding carboxylic acids is 2. The summed E-state index contributed by atoms with van der Waals surface area (Å²) in [6, 6.07) is 6.61. The lowest BCUT2D eigenvalue weighted by Crippen LogP contribution is -2.29. The predicted octanol–water partition coefficient (Wildman–Crippen LogP) is 2.34. The van der Waals surface area contributed by atoms with Crippen LogP contribution in [0.25, 0.3) is 0 Å². The third kappa shape index (κ3) is 2.93. The van der Waals surface area contributed by atoms with Crippen LogP contribution in [0.4, 0.5) is 0 Å². The molecule has 1 aliphatic carbocycles. The van der Waals surface area contributed by atoms with Crippen LogP contribution >= 0.6 is 0 Å². The molecule has 1 saturated heterocycles. The van der Waals surface area contributed by atoms with Gasteiger partial charge in [0.25, 0.3) is 0 Å².